The van der Waals surface area contributed by atoms with Gasteiger partial charge in [0.1, 0.15) is 6.33 Å². The number of carbonyl (C=O) groups excluding carboxylic acids is 1. The molecule has 118 valence electrons. The third-order valence-electron chi connectivity index (χ3n) is 4.01. The molecule has 0 atom stereocenters. The van der Waals surface area contributed by atoms with Crippen molar-refractivity contribution in [3.05, 3.63) is 64.5 Å². The molecule has 0 fully saturated rings. The first-order valence-electron chi connectivity index (χ1n) is 7.39. The van der Waals surface area contributed by atoms with E-state index in [0.29, 0.717) is 33.6 Å². The molecule has 0 radical (unpaired) electrons. The van der Waals surface area contributed by atoms with Crippen LogP contribution in [0.4, 0.5) is 0 Å². The summed E-state index contributed by atoms with van der Waals surface area (Å²) in [5.74, 6) is 0.448. The van der Waals surface area contributed by atoms with Crippen molar-refractivity contribution in [2.75, 3.05) is 0 Å². The van der Waals surface area contributed by atoms with E-state index >= 15 is 0 Å². The van der Waals surface area contributed by atoms with Crippen molar-refractivity contribution in [2.45, 2.75) is 13.8 Å². The average Bonchev–Trinajstić information content (AvgIpc) is 3.03. The number of rotatable bonds is 2. The summed E-state index contributed by atoms with van der Waals surface area (Å²) in [7, 11) is 0. The lowest BCUT2D eigenvalue weighted by Gasteiger charge is -2.09. The maximum absolute atomic E-state index is 12.9. The minimum absolute atomic E-state index is 0.0129. The minimum Gasteiger partial charge on any atom is -0.295 e. The van der Waals surface area contributed by atoms with Gasteiger partial charge < -0.3 is 0 Å². The van der Waals surface area contributed by atoms with Crippen LogP contribution in [0.3, 0.4) is 0 Å². The quantitative estimate of drug-likeness (QED) is 0.527. The Hall–Kier alpha value is -3.35. The van der Waals surface area contributed by atoms with E-state index in [2.05, 4.69) is 15.1 Å². The first-order chi connectivity index (χ1) is 11.6. The standard InChI is InChI=1S/C17H13N5O2/c1-10-15-14(22-17(20-10)18-9-19-22)7-8-21(16(15)24)13-5-3-12(4-6-13)11(2)23/h3-9H,1-2H3. The smallest absolute Gasteiger partial charge is 0.266 e. The number of aromatic nitrogens is 5. The van der Waals surface area contributed by atoms with E-state index in [1.807, 2.05) is 6.07 Å². The van der Waals surface area contributed by atoms with Crippen molar-refractivity contribution in [2.24, 2.45) is 0 Å². The number of aryl methyl sites for hydroxylation is 1. The highest BCUT2D eigenvalue weighted by Crippen LogP contribution is 2.16. The molecular formula is C17H13N5O2. The van der Waals surface area contributed by atoms with Crippen molar-refractivity contribution in [3.63, 3.8) is 0 Å². The molecule has 4 aromatic rings. The number of carbonyl (C=O) groups is 1. The van der Waals surface area contributed by atoms with Crippen molar-refractivity contribution in [3.8, 4) is 5.69 Å². The van der Waals surface area contributed by atoms with Gasteiger partial charge in [0.05, 0.1) is 16.6 Å². The molecule has 7 heteroatoms. The van der Waals surface area contributed by atoms with E-state index in [1.54, 1.807) is 41.9 Å². The monoisotopic (exact) mass is 319 g/mol. The molecule has 4 rings (SSSR count). The van der Waals surface area contributed by atoms with Crippen LogP contribution in [0, 0.1) is 6.92 Å². The van der Waals surface area contributed by atoms with Gasteiger partial charge in [0.25, 0.3) is 11.3 Å². The summed E-state index contributed by atoms with van der Waals surface area (Å²) in [5.41, 5.74) is 2.37. The van der Waals surface area contributed by atoms with Gasteiger partial charge in [-0.15, -0.1) is 0 Å². The minimum atomic E-state index is -0.189. The molecule has 0 aliphatic heterocycles. The van der Waals surface area contributed by atoms with Gasteiger partial charge in [-0.2, -0.15) is 14.6 Å². The van der Waals surface area contributed by atoms with E-state index in [9.17, 15) is 9.59 Å². The van der Waals surface area contributed by atoms with Crippen molar-refractivity contribution in [1.29, 1.82) is 0 Å². The Bertz CT molecular complexity index is 1160. The van der Waals surface area contributed by atoms with E-state index in [1.165, 1.54) is 17.8 Å². The highest BCUT2D eigenvalue weighted by atomic mass is 16.1. The lowest BCUT2D eigenvalue weighted by atomic mass is 10.1. The van der Waals surface area contributed by atoms with Gasteiger partial charge in [0.2, 0.25) is 0 Å². The second kappa shape index (κ2) is 5.09. The molecular weight excluding hydrogens is 306 g/mol. The number of pyridine rings is 1. The van der Waals surface area contributed by atoms with E-state index in [4.69, 9.17) is 0 Å². The number of benzene rings is 1. The predicted octanol–water partition coefficient (Wildman–Crippen LogP) is 1.94. The molecule has 0 bridgehead atoms. The first-order valence-corrected chi connectivity index (χ1v) is 7.39. The van der Waals surface area contributed by atoms with Crippen LogP contribution in [-0.2, 0) is 0 Å². The molecule has 0 saturated heterocycles. The summed E-state index contributed by atoms with van der Waals surface area (Å²) >= 11 is 0. The van der Waals surface area contributed by atoms with Crippen molar-refractivity contribution >= 4 is 22.5 Å². The molecule has 0 N–H and O–H groups in total. The van der Waals surface area contributed by atoms with Gasteiger partial charge in [0, 0.05) is 17.4 Å². The number of Topliss-reactive ketones (excluding diaryl/α,β-unsaturated/α-hetero) is 1. The molecule has 0 saturated carbocycles. The third-order valence-corrected chi connectivity index (χ3v) is 4.01. The Morgan fingerprint density at radius 2 is 1.88 bits per heavy atom. The maximum Gasteiger partial charge on any atom is 0.266 e. The van der Waals surface area contributed by atoms with Crippen LogP contribution in [0.5, 0.6) is 0 Å². The Labute approximate surface area is 136 Å². The van der Waals surface area contributed by atoms with Crippen LogP contribution in [0.15, 0.2) is 47.7 Å². The van der Waals surface area contributed by atoms with Gasteiger partial charge in [0.15, 0.2) is 5.78 Å². The Kier molecular flexibility index (Phi) is 3.02. The van der Waals surface area contributed by atoms with Crippen LogP contribution >= 0.6 is 0 Å². The zero-order valence-electron chi connectivity index (χ0n) is 13.1. The third kappa shape index (κ3) is 2.02. The van der Waals surface area contributed by atoms with E-state index < -0.39 is 0 Å². The van der Waals surface area contributed by atoms with Crippen molar-refractivity contribution in [1.82, 2.24) is 24.1 Å². The number of fused-ring (bicyclic) bond motifs is 3. The fraction of sp³-hybridized carbons (Fsp3) is 0.118. The maximum atomic E-state index is 12.9. The Morgan fingerprint density at radius 3 is 2.58 bits per heavy atom. The predicted molar refractivity (Wildman–Crippen MR) is 88.6 cm³/mol. The molecule has 24 heavy (non-hydrogen) atoms. The number of ketones is 1. The van der Waals surface area contributed by atoms with Gasteiger partial charge in [-0.25, -0.2) is 4.98 Å². The summed E-state index contributed by atoms with van der Waals surface area (Å²) in [4.78, 5) is 32.7. The lowest BCUT2D eigenvalue weighted by Crippen LogP contribution is -2.20. The summed E-state index contributed by atoms with van der Waals surface area (Å²) < 4.78 is 3.08. The molecule has 0 unspecified atom stereocenters. The highest BCUT2D eigenvalue weighted by Gasteiger charge is 2.13. The zero-order valence-corrected chi connectivity index (χ0v) is 13.1. The molecule has 0 aliphatic carbocycles. The number of hydrogen-bond acceptors (Lipinski definition) is 5. The van der Waals surface area contributed by atoms with E-state index in [0.717, 1.165) is 0 Å². The summed E-state index contributed by atoms with van der Waals surface area (Å²) in [5, 5.41) is 4.61. The van der Waals surface area contributed by atoms with Gasteiger partial charge in [-0.1, -0.05) is 0 Å². The fourth-order valence-electron chi connectivity index (χ4n) is 2.79. The molecule has 3 aromatic heterocycles. The molecule has 0 spiro atoms. The van der Waals surface area contributed by atoms with E-state index in [-0.39, 0.29) is 11.3 Å². The van der Waals surface area contributed by atoms with Gasteiger partial charge in [-0.05, 0) is 44.2 Å². The highest BCUT2D eigenvalue weighted by molar-refractivity contribution is 5.94. The molecule has 7 nitrogen and oxygen atoms in total. The average molecular weight is 319 g/mol. The van der Waals surface area contributed by atoms with Crippen LogP contribution in [-0.4, -0.2) is 29.9 Å². The largest absolute Gasteiger partial charge is 0.295 e. The summed E-state index contributed by atoms with van der Waals surface area (Å²) in [6.07, 6.45) is 3.10. The van der Waals surface area contributed by atoms with Crippen LogP contribution in [0.1, 0.15) is 23.0 Å². The number of nitrogens with zero attached hydrogens (tertiary/aromatic N) is 5. The van der Waals surface area contributed by atoms with Crippen LogP contribution in [0.2, 0.25) is 0 Å². The fourth-order valence-corrected chi connectivity index (χ4v) is 2.79. The Balaban J connectivity index is 1.99. The van der Waals surface area contributed by atoms with Crippen LogP contribution in [0.25, 0.3) is 22.4 Å². The first kappa shape index (κ1) is 14.3. The van der Waals surface area contributed by atoms with Crippen molar-refractivity contribution < 1.29 is 4.79 Å². The molecule has 3 heterocycles. The number of hydrogen-bond donors (Lipinski definition) is 0. The zero-order chi connectivity index (χ0) is 16.8. The SMILES string of the molecule is CC(=O)c1ccc(-n2ccc3c(c(C)nc4ncnn43)c2=O)cc1. The van der Waals surface area contributed by atoms with Gasteiger partial charge >= 0.3 is 0 Å². The molecule has 0 amide bonds. The second-order valence-electron chi connectivity index (χ2n) is 5.52. The summed E-state index contributed by atoms with van der Waals surface area (Å²) in [6.45, 7) is 3.29. The summed E-state index contributed by atoms with van der Waals surface area (Å²) in [6, 6.07) is 8.73. The molecule has 1 aromatic carbocycles. The topological polar surface area (TPSA) is 82.2 Å². The normalized spacial score (nSPS) is 11.2. The lowest BCUT2D eigenvalue weighted by molar-refractivity contribution is 0.101. The van der Waals surface area contributed by atoms with Crippen LogP contribution < -0.4 is 5.56 Å². The second-order valence-corrected chi connectivity index (χ2v) is 5.52. The Morgan fingerprint density at radius 1 is 1.12 bits per heavy atom. The molecule has 0 aliphatic rings. The van der Waals surface area contributed by atoms with Gasteiger partial charge in [-0.3, -0.25) is 14.2 Å².